The highest BCUT2D eigenvalue weighted by molar-refractivity contribution is 6.16. The Morgan fingerprint density at radius 1 is 1.28 bits per heavy atom. The zero-order valence-corrected chi connectivity index (χ0v) is 10.2. The second kappa shape index (κ2) is 4.44. The predicted octanol–water partition coefficient (Wildman–Crippen LogP) is 2.36. The molecule has 4 heteroatoms. The van der Waals surface area contributed by atoms with E-state index in [2.05, 4.69) is 0 Å². The summed E-state index contributed by atoms with van der Waals surface area (Å²) in [6, 6.07) is 2.52. The second-order valence-corrected chi connectivity index (χ2v) is 4.57. The zero-order chi connectivity index (χ0) is 13.4. The van der Waals surface area contributed by atoms with Gasteiger partial charge in [-0.05, 0) is 44.4 Å². The van der Waals surface area contributed by atoms with E-state index in [1.54, 1.807) is 0 Å². The lowest BCUT2D eigenvalue weighted by Crippen LogP contribution is -2.30. The molecule has 1 unspecified atom stereocenters. The standard InChI is InChI=1S/C14H13FO3/c1-7(16)9-5-6-12(15)11-4-3-10(8(2)17)14(18)13(9)11/h5-6,10H,3-4H2,1-2H3. The van der Waals surface area contributed by atoms with Crippen molar-refractivity contribution in [3.8, 4) is 0 Å². The van der Waals surface area contributed by atoms with Gasteiger partial charge in [0.15, 0.2) is 11.6 Å². The van der Waals surface area contributed by atoms with Crippen LogP contribution >= 0.6 is 0 Å². The molecule has 1 aliphatic rings. The molecule has 0 radical (unpaired) electrons. The Morgan fingerprint density at radius 3 is 2.50 bits per heavy atom. The Kier molecular flexibility index (Phi) is 3.11. The van der Waals surface area contributed by atoms with Crippen molar-refractivity contribution in [1.29, 1.82) is 0 Å². The van der Waals surface area contributed by atoms with Crippen LogP contribution in [0.5, 0.6) is 0 Å². The molecule has 1 aromatic rings. The molecule has 3 nitrogen and oxygen atoms in total. The zero-order valence-electron chi connectivity index (χ0n) is 10.2. The van der Waals surface area contributed by atoms with Gasteiger partial charge in [-0.3, -0.25) is 14.4 Å². The molecular formula is C14H13FO3. The highest BCUT2D eigenvalue weighted by Gasteiger charge is 2.34. The van der Waals surface area contributed by atoms with Crippen LogP contribution in [0.2, 0.25) is 0 Å². The maximum Gasteiger partial charge on any atom is 0.174 e. The van der Waals surface area contributed by atoms with Crippen molar-refractivity contribution in [2.75, 3.05) is 0 Å². The molecule has 2 rings (SSSR count). The first-order valence-electron chi connectivity index (χ1n) is 5.80. The molecule has 0 saturated carbocycles. The van der Waals surface area contributed by atoms with Crippen LogP contribution in [0, 0.1) is 11.7 Å². The van der Waals surface area contributed by atoms with Crippen LogP contribution in [0.25, 0.3) is 0 Å². The summed E-state index contributed by atoms with van der Waals surface area (Å²) in [5.41, 5.74) is 0.585. The van der Waals surface area contributed by atoms with E-state index in [4.69, 9.17) is 0 Å². The van der Waals surface area contributed by atoms with Gasteiger partial charge in [0, 0.05) is 11.1 Å². The Hall–Kier alpha value is -1.84. The van der Waals surface area contributed by atoms with Gasteiger partial charge in [0.05, 0.1) is 5.92 Å². The summed E-state index contributed by atoms with van der Waals surface area (Å²) in [5, 5.41) is 0. The van der Waals surface area contributed by atoms with Crippen LogP contribution in [0.3, 0.4) is 0 Å². The number of ketones is 3. The third-order valence-corrected chi connectivity index (χ3v) is 3.37. The summed E-state index contributed by atoms with van der Waals surface area (Å²) in [6.45, 7) is 2.68. The highest BCUT2D eigenvalue weighted by atomic mass is 19.1. The van der Waals surface area contributed by atoms with Crippen LogP contribution in [0.15, 0.2) is 12.1 Å². The number of Topliss-reactive ketones (excluding diaryl/α,β-unsaturated/α-hetero) is 3. The van der Waals surface area contributed by atoms with Gasteiger partial charge < -0.3 is 0 Å². The Balaban J connectivity index is 2.64. The van der Waals surface area contributed by atoms with E-state index >= 15 is 0 Å². The number of rotatable bonds is 2. The third kappa shape index (κ3) is 1.88. The SMILES string of the molecule is CC(=O)c1ccc(F)c2c1C(=O)C(C(C)=O)CC2. The monoisotopic (exact) mass is 248 g/mol. The summed E-state index contributed by atoms with van der Waals surface area (Å²) in [5.74, 6) is -2.16. The van der Waals surface area contributed by atoms with Gasteiger partial charge in [-0.2, -0.15) is 0 Å². The number of benzene rings is 1. The number of halogens is 1. The van der Waals surface area contributed by atoms with Crippen LogP contribution in [0.1, 0.15) is 46.5 Å². The minimum absolute atomic E-state index is 0.106. The molecule has 0 bridgehead atoms. The third-order valence-electron chi connectivity index (χ3n) is 3.37. The molecule has 1 aromatic carbocycles. The van der Waals surface area contributed by atoms with Crippen LogP contribution in [0.4, 0.5) is 4.39 Å². The quantitative estimate of drug-likeness (QED) is 0.596. The topological polar surface area (TPSA) is 51.2 Å². The minimum atomic E-state index is -0.739. The Bertz CT molecular complexity index is 560. The maximum absolute atomic E-state index is 13.7. The van der Waals surface area contributed by atoms with E-state index in [1.807, 2.05) is 0 Å². The molecule has 1 aliphatic carbocycles. The summed E-state index contributed by atoms with van der Waals surface area (Å²) in [6.07, 6.45) is 0.637. The number of fused-ring (bicyclic) bond motifs is 1. The van der Waals surface area contributed by atoms with E-state index in [-0.39, 0.29) is 28.3 Å². The van der Waals surface area contributed by atoms with Crippen LogP contribution < -0.4 is 0 Å². The second-order valence-electron chi connectivity index (χ2n) is 4.57. The van der Waals surface area contributed by atoms with Gasteiger partial charge >= 0.3 is 0 Å². The Labute approximate surface area is 104 Å². The molecule has 0 amide bonds. The van der Waals surface area contributed by atoms with Crippen LogP contribution in [-0.2, 0) is 11.2 Å². The molecule has 1 atom stereocenters. The molecule has 0 saturated heterocycles. The van der Waals surface area contributed by atoms with E-state index in [0.717, 1.165) is 0 Å². The predicted molar refractivity (Wildman–Crippen MR) is 63.2 cm³/mol. The van der Waals surface area contributed by atoms with Crippen molar-refractivity contribution in [3.05, 3.63) is 34.6 Å². The average molecular weight is 248 g/mol. The lowest BCUT2D eigenvalue weighted by Gasteiger charge is -2.23. The number of carbonyl (C=O) groups is 3. The van der Waals surface area contributed by atoms with Gasteiger partial charge in [-0.15, -0.1) is 0 Å². The fourth-order valence-electron chi connectivity index (χ4n) is 2.42. The smallest absolute Gasteiger partial charge is 0.174 e. The van der Waals surface area contributed by atoms with Gasteiger partial charge in [0.25, 0.3) is 0 Å². The normalized spacial score (nSPS) is 18.4. The van der Waals surface area contributed by atoms with E-state index in [1.165, 1.54) is 26.0 Å². The summed E-state index contributed by atoms with van der Waals surface area (Å²) >= 11 is 0. The molecule has 0 spiro atoms. The van der Waals surface area contributed by atoms with E-state index in [0.29, 0.717) is 12.8 Å². The fourth-order valence-corrected chi connectivity index (χ4v) is 2.42. The lowest BCUT2D eigenvalue weighted by atomic mass is 9.78. The average Bonchev–Trinajstić information content (AvgIpc) is 2.29. The van der Waals surface area contributed by atoms with E-state index < -0.39 is 17.5 Å². The molecule has 0 heterocycles. The number of hydrogen-bond acceptors (Lipinski definition) is 3. The van der Waals surface area contributed by atoms with Crippen molar-refractivity contribution in [3.63, 3.8) is 0 Å². The molecule has 0 N–H and O–H groups in total. The van der Waals surface area contributed by atoms with Crippen molar-refractivity contribution >= 4 is 17.3 Å². The molecule has 0 aliphatic heterocycles. The van der Waals surface area contributed by atoms with Crippen molar-refractivity contribution in [2.45, 2.75) is 26.7 Å². The summed E-state index contributed by atoms with van der Waals surface area (Å²) < 4.78 is 13.7. The highest BCUT2D eigenvalue weighted by Crippen LogP contribution is 2.30. The van der Waals surface area contributed by atoms with Gasteiger partial charge in [0.2, 0.25) is 0 Å². The summed E-state index contributed by atoms with van der Waals surface area (Å²) in [4.78, 5) is 35.1. The first kappa shape index (κ1) is 12.6. The molecule has 0 aromatic heterocycles. The van der Waals surface area contributed by atoms with E-state index in [9.17, 15) is 18.8 Å². The lowest BCUT2D eigenvalue weighted by molar-refractivity contribution is -0.119. The molecule has 94 valence electrons. The molecule has 0 fully saturated rings. The molecule has 18 heavy (non-hydrogen) atoms. The maximum atomic E-state index is 13.7. The summed E-state index contributed by atoms with van der Waals surface area (Å²) in [7, 11) is 0. The molecular weight excluding hydrogens is 235 g/mol. The van der Waals surface area contributed by atoms with Crippen LogP contribution in [-0.4, -0.2) is 17.3 Å². The minimum Gasteiger partial charge on any atom is -0.299 e. The Morgan fingerprint density at radius 2 is 1.94 bits per heavy atom. The van der Waals surface area contributed by atoms with Gasteiger partial charge in [-0.1, -0.05) is 0 Å². The van der Waals surface area contributed by atoms with Gasteiger partial charge in [0.1, 0.15) is 11.6 Å². The number of carbonyl (C=O) groups excluding carboxylic acids is 3. The van der Waals surface area contributed by atoms with Crippen molar-refractivity contribution < 1.29 is 18.8 Å². The van der Waals surface area contributed by atoms with Crippen molar-refractivity contribution in [2.24, 2.45) is 5.92 Å². The first-order valence-corrected chi connectivity index (χ1v) is 5.80. The largest absolute Gasteiger partial charge is 0.299 e. The van der Waals surface area contributed by atoms with Crippen molar-refractivity contribution in [1.82, 2.24) is 0 Å². The number of hydrogen-bond donors (Lipinski definition) is 0. The first-order chi connectivity index (χ1) is 8.43. The van der Waals surface area contributed by atoms with Gasteiger partial charge in [-0.25, -0.2) is 4.39 Å². The fraction of sp³-hybridized carbons (Fsp3) is 0.357.